The van der Waals surface area contributed by atoms with Crippen molar-refractivity contribution in [3.8, 4) is 11.3 Å². The van der Waals surface area contributed by atoms with Gasteiger partial charge < -0.3 is 14.2 Å². The molecule has 0 spiro atoms. The summed E-state index contributed by atoms with van der Waals surface area (Å²) in [6.45, 7) is 5.35. The minimum absolute atomic E-state index is 0.0977. The molecule has 1 aliphatic heterocycles. The average molecular weight is 345 g/mol. The summed E-state index contributed by atoms with van der Waals surface area (Å²) in [4.78, 5) is 18.8. The van der Waals surface area contributed by atoms with Gasteiger partial charge in [0, 0.05) is 20.1 Å². The molecule has 1 fully saturated rings. The normalized spacial score (nSPS) is 21.0. The average Bonchev–Trinajstić information content (AvgIpc) is 2.93. The fourth-order valence-electron chi connectivity index (χ4n) is 3.00. The van der Waals surface area contributed by atoms with Crippen LogP contribution in [0, 0.1) is 0 Å². The zero-order valence-electron chi connectivity index (χ0n) is 14.3. The van der Waals surface area contributed by atoms with E-state index in [1.54, 1.807) is 0 Å². The Morgan fingerprint density at radius 3 is 2.58 bits per heavy atom. The van der Waals surface area contributed by atoms with E-state index in [4.69, 9.17) is 4.74 Å². The van der Waals surface area contributed by atoms with Crippen LogP contribution in [0.5, 0.6) is 0 Å². The van der Waals surface area contributed by atoms with Gasteiger partial charge in [-0.05, 0) is 19.4 Å². The lowest BCUT2D eigenvalue weighted by Gasteiger charge is -2.35. The van der Waals surface area contributed by atoms with Gasteiger partial charge in [0.2, 0.25) is 5.91 Å². The summed E-state index contributed by atoms with van der Waals surface area (Å²) in [5, 5.41) is 0.858. The van der Waals surface area contributed by atoms with Crippen LogP contribution in [0.2, 0.25) is 0 Å². The third-order valence-corrected chi connectivity index (χ3v) is 5.14. The van der Waals surface area contributed by atoms with Gasteiger partial charge in [0.15, 0.2) is 5.16 Å². The Kier molecular flexibility index (Phi) is 5.26. The Bertz CT molecular complexity index is 692. The smallest absolute Gasteiger partial charge is 0.233 e. The van der Waals surface area contributed by atoms with Crippen molar-refractivity contribution in [2.45, 2.75) is 31.2 Å². The van der Waals surface area contributed by atoms with E-state index < -0.39 is 0 Å². The summed E-state index contributed by atoms with van der Waals surface area (Å²) >= 11 is 1.49. The highest BCUT2D eigenvalue weighted by atomic mass is 32.2. The maximum atomic E-state index is 12.5. The minimum atomic E-state index is 0.0977. The monoisotopic (exact) mass is 345 g/mol. The maximum Gasteiger partial charge on any atom is 0.233 e. The van der Waals surface area contributed by atoms with Crippen molar-refractivity contribution in [1.82, 2.24) is 14.5 Å². The first-order valence-corrected chi connectivity index (χ1v) is 9.16. The number of carbonyl (C=O) groups excluding carboxylic acids is 1. The van der Waals surface area contributed by atoms with E-state index in [0.29, 0.717) is 18.8 Å². The van der Waals surface area contributed by atoms with Crippen molar-refractivity contribution in [3.63, 3.8) is 0 Å². The molecular formula is C18H23N3O2S. The van der Waals surface area contributed by atoms with Crippen LogP contribution in [0.15, 0.2) is 41.7 Å². The SMILES string of the molecule is CC1CN(C(=O)CSc2ncc(-c3ccccc3)n2C)CC(C)O1. The quantitative estimate of drug-likeness (QED) is 0.800. The Balaban J connectivity index is 1.63. The number of thioether (sulfide) groups is 1. The fourth-order valence-corrected chi connectivity index (χ4v) is 3.86. The van der Waals surface area contributed by atoms with Gasteiger partial charge in [0.25, 0.3) is 0 Å². The molecule has 2 unspecified atom stereocenters. The van der Waals surface area contributed by atoms with Gasteiger partial charge in [-0.1, -0.05) is 42.1 Å². The highest BCUT2D eigenvalue weighted by Crippen LogP contribution is 2.25. The standard InChI is InChI=1S/C18H23N3O2S/c1-13-10-21(11-14(2)23-13)17(22)12-24-18-19-9-16(20(18)3)15-7-5-4-6-8-15/h4-9,13-14H,10-12H2,1-3H3. The largest absolute Gasteiger partial charge is 0.372 e. The number of rotatable bonds is 4. The summed E-state index contributed by atoms with van der Waals surface area (Å²) < 4.78 is 7.72. The van der Waals surface area contributed by atoms with Crippen LogP contribution in [-0.2, 0) is 16.6 Å². The molecule has 128 valence electrons. The molecule has 5 nitrogen and oxygen atoms in total. The van der Waals surface area contributed by atoms with Crippen molar-refractivity contribution < 1.29 is 9.53 Å². The molecule has 1 aromatic carbocycles. The second-order valence-electron chi connectivity index (χ2n) is 6.20. The lowest BCUT2D eigenvalue weighted by molar-refractivity contribution is -0.140. The molecule has 0 aliphatic carbocycles. The molecule has 1 amide bonds. The van der Waals surface area contributed by atoms with E-state index in [9.17, 15) is 4.79 Å². The third-order valence-electron chi connectivity index (χ3n) is 4.11. The van der Waals surface area contributed by atoms with Crippen LogP contribution in [0.25, 0.3) is 11.3 Å². The van der Waals surface area contributed by atoms with Crippen LogP contribution in [0.4, 0.5) is 0 Å². The van der Waals surface area contributed by atoms with Gasteiger partial charge in [0.05, 0.1) is 29.9 Å². The predicted octanol–water partition coefficient (Wildman–Crippen LogP) is 2.82. The number of ether oxygens (including phenoxy) is 1. The van der Waals surface area contributed by atoms with Gasteiger partial charge in [0.1, 0.15) is 0 Å². The fraction of sp³-hybridized carbons (Fsp3) is 0.444. The number of hydrogen-bond acceptors (Lipinski definition) is 4. The van der Waals surface area contributed by atoms with Gasteiger partial charge in [-0.2, -0.15) is 0 Å². The van der Waals surface area contributed by atoms with Crippen LogP contribution in [-0.4, -0.2) is 51.4 Å². The minimum Gasteiger partial charge on any atom is -0.372 e. The lowest BCUT2D eigenvalue weighted by atomic mass is 10.2. The number of nitrogens with zero attached hydrogens (tertiary/aromatic N) is 3. The predicted molar refractivity (Wildman–Crippen MR) is 96.0 cm³/mol. The zero-order valence-corrected chi connectivity index (χ0v) is 15.1. The molecule has 1 aromatic heterocycles. The van der Waals surface area contributed by atoms with E-state index in [1.807, 2.05) is 54.8 Å². The molecule has 0 radical (unpaired) electrons. The number of benzene rings is 1. The van der Waals surface area contributed by atoms with Gasteiger partial charge in [-0.25, -0.2) is 4.98 Å². The second-order valence-corrected chi connectivity index (χ2v) is 7.14. The van der Waals surface area contributed by atoms with E-state index >= 15 is 0 Å². The Morgan fingerprint density at radius 2 is 1.92 bits per heavy atom. The summed E-state index contributed by atoms with van der Waals surface area (Å²) in [7, 11) is 1.99. The second kappa shape index (κ2) is 7.40. The Labute approximate surface area is 147 Å². The molecule has 2 aromatic rings. The van der Waals surface area contributed by atoms with Gasteiger partial charge in [-0.3, -0.25) is 4.79 Å². The number of imidazole rings is 1. The Hall–Kier alpha value is -1.79. The van der Waals surface area contributed by atoms with Crippen LogP contribution >= 0.6 is 11.8 Å². The maximum absolute atomic E-state index is 12.5. The molecule has 1 saturated heterocycles. The van der Waals surface area contributed by atoms with Crippen molar-refractivity contribution in [1.29, 1.82) is 0 Å². The van der Waals surface area contributed by atoms with E-state index in [2.05, 4.69) is 17.1 Å². The van der Waals surface area contributed by atoms with Crippen molar-refractivity contribution in [2.75, 3.05) is 18.8 Å². The van der Waals surface area contributed by atoms with E-state index in [1.165, 1.54) is 11.8 Å². The number of aromatic nitrogens is 2. The number of carbonyl (C=O) groups is 1. The molecule has 1 aliphatic rings. The molecule has 24 heavy (non-hydrogen) atoms. The lowest BCUT2D eigenvalue weighted by Crippen LogP contribution is -2.48. The first kappa shape index (κ1) is 17.0. The molecule has 0 saturated carbocycles. The molecule has 0 N–H and O–H groups in total. The number of amides is 1. The molecule has 2 atom stereocenters. The van der Waals surface area contributed by atoms with Crippen molar-refractivity contribution in [2.24, 2.45) is 7.05 Å². The van der Waals surface area contributed by atoms with Crippen molar-refractivity contribution in [3.05, 3.63) is 36.5 Å². The summed E-state index contributed by atoms with van der Waals surface area (Å²) in [6, 6.07) is 10.2. The summed E-state index contributed by atoms with van der Waals surface area (Å²) in [5.41, 5.74) is 2.18. The Morgan fingerprint density at radius 1 is 1.25 bits per heavy atom. The molecule has 3 rings (SSSR count). The highest BCUT2D eigenvalue weighted by molar-refractivity contribution is 7.99. The van der Waals surface area contributed by atoms with E-state index in [0.717, 1.165) is 16.4 Å². The zero-order chi connectivity index (χ0) is 17.1. The van der Waals surface area contributed by atoms with Gasteiger partial charge >= 0.3 is 0 Å². The highest BCUT2D eigenvalue weighted by Gasteiger charge is 2.26. The molecule has 6 heteroatoms. The summed E-state index contributed by atoms with van der Waals surface area (Å²) in [5.74, 6) is 0.546. The molecule has 0 bridgehead atoms. The molecular weight excluding hydrogens is 322 g/mol. The van der Waals surface area contributed by atoms with Gasteiger partial charge in [-0.15, -0.1) is 0 Å². The van der Waals surface area contributed by atoms with Crippen LogP contribution in [0.3, 0.4) is 0 Å². The summed E-state index contributed by atoms with van der Waals surface area (Å²) in [6.07, 6.45) is 2.06. The van der Waals surface area contributed by atoms with Crippen molar-refractivity contribution >= 4 is 17.7 Å². The first-order chi connectivity index (χ1) is 11.5. The van der Waals surface area contributed by atoms with E-state index in [-0.39, 0.29) is 18.1 Å². The van der Waals surface area contributed by atoms with Crippen LogP contribution < -0.4 is 0 Å². The number of hydrogen-bond donors (Lipinski definition) is 0. The third kappa shape index (κ3) is 3.82. The van der Waals surface area contributed by atoms with Crippen LogP contribution in [0.1, 0.15) is 13.8 Å². The molecule has 2 heterocycles. The number of morpholine rings is 1. The first-order valence-electron chi connectivity index (χ1n) is 8.17. The topological polar surface area (TPSA) is 47.4 Å².